The topological polar surface area (TPSA) is 44.8 Å². The van der Waals surface area contributed by atoms with Gasteiger partial charge in [-0.05, 0) is 38.1 Å². The zero-order valence-electron chi connectivity index (χ0n) is 14.5. The smallest absolute Gasteiger partial charge is 0.234 e. The van der Waals surface area contributed by atoms with Crippen LogP contribution in [0.5, 0.6) is 5.75 Å². The molecule has 5 nitrogen and oxygen atoms in total. The first-order chi connectivity index (χ1) is 11.1. The van der Waals surface area contributed by atoms with E-state index >= 15 is 0 Å². The van der Waals surface area contributed by atoms with Gasteiger partial charge < -0.3 is 15.0 Å². The third-order valence-corrected chi connectivity index (χ3v) is 4.18. The van der Waals surface area contributed by atoms with Crippen LogP contribution in [0.3, 0.4) is 0 Å². The minimum absolute atomic E-state index is 0.0845. The van der Waals surface area contributed by atoms with Gasteiger partial charge in [0.1, 0.15) is 5.75 Å². The Morgan fingerprint density at radius 3 is 2.96 bits per heavy atom. The lowest BCUT2D eigenvalue weighted by atomic mass is 10.2. The normalized spacial score (nSPS) is 19.5. The molecule has 1 N–H and O–H groups in total. The van der Waals surface area contributed by atoms with Gasteiger partial charge in [0.25, 0.3) is 0 Å². The summed E-state index contributed by atoms with van der Waals surface area (Å²) in [7, 11) is 2.13. The van der Waals surface area contributed by atoms with E-state index in [4.69, 9.17) is 4.74 Å². The molecule has 1 aliphatic rings. The maximum atomic E-state index is 12.2. The van der Waals surface area contributed by atoms with E-state index in [0.29, 0.717) is 19.1 Å². The molecule has 1 amide bonds. The van der Waals surface area contributed by atoms with Crippen LogP contribution >= 0.6 is 0 Å². The van der Waals surface area contributed by atoms with Crippen molar-refractivity contribution in [2.45, 2.75) is 32.9 Å². The molecule has 0 aliphatic carbocycles. The fraction of sp³-hybridized carbons (Fsp3) is 0.611. The molecule has 5 heteroatoms. The molecule has 1 aromatic rings. The summed E-state index contributed by atoms with van der Waals surface area (Å²) in [6.45, 7) is 8.99. The monoisotopic (exact) mass is 319 g/mol. The second-order valence-electron chi connectivity index (χ2n) is 6.35. The first-order valence-electron chi connectivity index (χ1n) is 8.49. The molecular formula is C18H29N3O2. The molecule has 0 spiro atoms. The van der Waals surface area contributed by atoms with Gasteiger partial charge in [0, 0.05) is 32.2 Å². The third-order valence-electron chi connectivity index (χ3n) is 4.18. The van der Waals surface area contributed by atoms with Crippen molar-refractivity contribution in [2.75, 3.05) is 39.8 Å². The average Bonchev–Trinajstić information content (AvgIpc) is 2.54. The maximum absolute atomic E-state index is 12.2. The van der Waals surface area contributed by atoms with E-state index < -0.39 is 0 Å². The number of rotatable bonds is 7. The predicted octanol–water partition coefficient (Wildman–Crippen LogP) is 1.73. The van der Waals surface area contributed by atoms with Crippen LogP contribution in [-0.4, -0.2) is 61.6 Å². The Balaban J connectivity index is 1.78. The van der Waals surface area contributed by atoms with Gasteiger partial charge in [0.15, 0.2) is 0 Å². The lowest BCUT2D eigenvalue weighted by molar-refractivity contribution is -0.123. The van der Waals surface area contributed by atoms with E-state index in [1.54, 1.807) is 0 Å². The molecule has 0 unspecified atom stereocenters. The van der Waals surface area contributed by atoms with Crippen LogP contribution in [0, 0.1) is 0 Å². The Labute approximate surface area is 139 Å². The highest BCUT2D eigenvalue weighted by Crippen LogP contribution is 2.13. The molecule has 0 radical (unpaired) electrons. The Morgan fingerprint density at radius 1 is 1.39 bits per heavy atom. The van der Waals surface area contributed by atoms with Crippen molar-refractivity contribution in [2.24, 2.45) is 0 Å². The summed E-state index contributed by atoms with van der Waals surface area (Å²) in [6, 6.07) is 8.35. The van der Waals surface area contributed by atoms with Crippen molar-refractivity contribution in [3.8, 4) is 5.75 Å². The highest BCUT2D eigenvalue weighted by Gasteiger charge is 2.22. The molecule has 1 saturated heterocycles. The predicted molar refractivity (Wildman–Crippen MR) is 92.6 cm³/mol. The van der Waals surface area contributed by atoms with Gasteiger partial charge in [-0.3, -0.25) is 9.69 Å². The number of piperazine rings is 1. The number of benzene rings is 1. The Hall–Kier alpha value is -1.59. The Kier molecular flexibility index (Phi) is 6.86. The lowest BCUT2D eigenvalue weighted by Gasteiger charge is -2.37. The Morgan fingerprint density at radius 2 is 2.22 bits per heavy atom. The van der Waals surface area contributed by atoms with Crippen LogP contribution in [0.1, 0.15) is 25.8 Å². The number of carbonyl (C=O) groups excluding carboxylic acids is 1. The van der Waals surface area contributed by atoms with Crippen molar-refractivity contribution in [3.05, 3.63) is 29.8 Å². The summed E-state index contributed by atoms with van der Waals surface area (Å²) < 4.78 is 5.62. The minimum Gasteiger partial charge on any atom is -0.494 e. The van der Waals surface area contributed by atoms with Crippen molar-refractivity contribution in [1.29, 1.82) is 0 Å². The van der Waals surface area contributed by atoms with Crippen molar-refractivity contribution < 1.29 is 9.53 Å². The number of likely N-dealkylation sites (N-methyl/N-ethyl adjacent to an activating group) is 1. The molecule has 1 heterocycles. The van der Waals surface area contributed by atoms with E-state index in [9.17, 15) is 4.79 Å². The van der Waals surface area contributed by atoms with Crippen LogP contribution in [0.25, 0.3) is 0 Å². The van der Waals surface area contributed by atoms with Gasteiger partial charge in [-0.1, -0.05) is 19.1 Å². The molecular weight excluding hydrogens is 290 g/mol. The summed E-state index contributed by atoms with van der Waals surface area (Å²) in [4.78, 5) is 16.7. The van der Waals surface area contributed by atoms with Gasteiger partial charge in [0.2, 0.25) is 5.91 Å². The van der Waals surface area contributed by atoms with Crippen LogP contribution in [0.2, 0.25) is 0 Å². The summed E-state index contributed by atoms with van der Waals surface area (Å²) in [6.07, 6.45) is 0.990. The highest BCUT2D eigenvalue weighted by atomic mass is 16.5. The van der Waals surface area contributed by atoms with E-state index in [2.05, 4.69) is 36.0 Å². The minimum atomic E-state index is 0.0845. The van der Waals surface area contributed by atoms with E-state index in [-0.39, 0.29) is 5.91 Å². The Bertz CT molecular complexity index is 507. The van der Waals surface area contributed by atoms with Gasteiger partial charge >= 0.3 is 0 Å². The van der Waals surface area contributed by atoms with E-state index in [0.717, 1.165) is 44.0 Å². The van der Waals surface area contributed by atoms with Crippen LogP contribution in [0.4, 0.5) is 0 Å². The lowest BCUT2D eigenvalue weighted by Crippen LogP contribution is -2.53. The second kappa shape index (κ2) is 8.89. The zero-order valence-corrected chi connectivity index (χ0v) is 14.5. The first-order valence-corrected chi connectivity index (χ1v) is 8.49. The SMILES string of the molecule is CCCOc1cccc(CNC(=O)CN2CCN(C)C[C@H]2C)c1. The second-order valence-corrected chi connectivity index (χ2v) is 6.35. The van der Waals surface area contributed by atoms with Crippen LogP contribution < -0.4 is 10.1 Å². The molecule has 1 aliphatic heterocycles. The third kappa shape index (κ3) is 5.84. The number of hydrogen-bond acceptors (Lipinski definition) is 4. The molecule has 0 bridgehead atoms. The first kappa shape index (κ1) is 17.8. The van der Waals surface area contributed by atoms with E-state index in [1.165, 1.54) is 0 Å². The molecule has 1 aromatic carbocycles. The number of amides is 1. The zero-order chi connectivity index (χ0) is 16.7. The number of nitrogens with zero attached hydrogens (tertiary/aromatic N) is 2. The largest absolute Gasteiger partial charge is 0.494 e. The summed E-state index contributed by atoms with van der Waals surface area (Å²) in [5.41, 5.74) is 1.07. The van der Waals surface area contributed by atoms with Gasteiger partial charge in [-0.15, -0.1) is 0 Å². The molecule has 1 atom stereocenters. The molecule has 23 heavy (non-hydrogen) atoms. The van der Waals surface area contributed by atoms with Crippen LogP contribution in [0.15, 0.2) is 24.3 Å². The van der Waals surface area contributed by atoms with Gasteiger partial charge in [0.05, 0.1) is 13.2 Å². The molecule has 2 rings (SSSR count). The molecule has 1 fully saturated rings. The molecule has 0 saturated carbocycles. The molecule has 128 valence electrons. The summed E-state index contributed by atoms with van der Waals surface area (Å²) in [5.74, 6) is 0.951. The average molecular weight is 319 g/mol. The fourth-order valence-corrected chi connectivity index (χ4v) is 2.82. The van der Waals surface area contributed by atoms with Crippen molar-refractivity contribution >= 4 is 5.91 Å². The van der Waals surface area contributed by atoms with Crippen molar-refractivity contribution in [3.63, 3.8) is 0 Å². The molecule has 0 aromatic heterocycles. The fourth-order valence-electron chi connectivity index (χ4n) is 2.82. The maximum Gasteiger partial charge on any atom is 0.234 e. The quantitative estimate of drug-likeness (QED) is 0.831. The van der Waals surface area contributed by atoms with Gasteiger partial charge in [-0.2, -0.15) is 0 Å². The van der Waals surface area contributed by atoms with E-state index in [1.807, 2.05) is 24.3 Å². The number of carbonyl (C=O) groups is 1. The summed E-state index contributed by atoms with van der Waals surface area (Å²) >= 11 is 0. The van der Waals surface area contributed by atoms with Gasteiger partial charge in [-0.25, -0.2) is 0 Å². The summed E-state index contributed by atoms with van der Waals surface area (Å²) in [5, 5.41) is 3.01. The van der Waals surface area contributed by atoms with Crippen molar-refractivity contribution in [1.82, 2.24) is 15.1 Å². The standard InChI is InChI=1S/C18H29N3O2/c1-4-10-23-17-7-5-6-16(11-17)12-19-18(22)14-21-9-8-20(3)13-15(21)2/h5-7,11,15H,4,8-10,12-14H2,1-3H3,(H,19,22)/t15-/m1/s1. The highest BCUT2D eigenvalue weighted by molar-refractivity contribution is 5.78. The van der Waals surface area contributed by atoms with Crippen LogP contribution in [-0.2, 0) is 11.3 Å². The number of nitrogens with one attached hydrogen (secondary N) is 1. The number of ether oxygens (including phenoxy) is 1. The number of hydrogen-bond donors (Lipinski definition) is 1.